The number of benzene rings is 1. The normalized spacial score (nSPS) is 12.0. The number of para-hydroxylation sites is 2. The zero-order valence-corrected chi connectivity index (χ0v) is 14.1. The lowest BCUT2D eigenvalue weighted by molar-refractivity contribution is 0.580. The molecule has 3 aromatic heterocycles. The van der Waals surface area contributed by atoms with E-state index in [0.29, 0.717) is 22.4 Å². The van der Waals surface area contributed by atoms with Crippen LogP contribution < -0.4 is 5.56 Å². The van der Waals surface area contributed by atoms with Gasteiger partial charge in [-0.05, 0) is 24.3 Å². The van der Waals surface area contributed by atoms with Crippen molar-refractivity contribution in [2.45, 2.75) is 11.7 Å². The highest BCUT2D eigenvalue weighted by Crippen LogP contribution is 2.20. The van der Waals surface area contributed by atoms with Crippen LogP contribution in [-0.2, 0) is 16.4 Å². The molecule has 8 heteroatoms. The number of imidazole rings is 1. The molecular formula is C17H14N4O3S. The molecule has 7 nitrogen and oxygen atoms in total. The largest absolute Gasteiger partial charge is 0.309 e. The fourth-order valence-corrected chi connectivity index (χ4v) is 3.66. The van der Waals surface area contributed by atoms with Gasteiger partial charge >= 0.3 is 0 Å². The molecule has 0 atom stereocenters. The fraction of sp³-hybridized carbons (Fsp3) is 0.118. The third kappa shape index (κ3) is 2.70. The summed E-state index contributed by atoms with van der Waals surface area (Å²) in [6.45, 7) is 0.142. The third-order valence-electron chi connectivity index (χ3n) is 3.90. The lowest BCUT2D eigenvalue weighted by Gasteiger charge is -2.08. The van der Waals surface area contributed by atoms with Crippen molar-refractivity contribution in [3.8, 4) is 0 Å². The minimum absolute atomic E-state index is 0.0382. The number of hydrogen-bond donors (Lipinski definition) is 0. The van der Waals surface area contributed by atoms with Crippen molar-refractivity contribution in [1.82, 2.24) is 18.9 Å². The first-order chi connectivity index (χ1) is 11.9. The van der Waals surface area contributed by atoms with Crippen LogP contribution in [-0.4, -0.2) is 33.6 Å². The number of nitrogens with zero attached hydrogens (tertiary/aromatic N) is 4. The number of pyridine rings is 1. The summed E-state index contributed by atoms with van der Waals surface area (Å²) in [4.78, 5) is 20.9. The first kappa shape index (κ1) is 15.5. The van der Waals surface area contributed by atoms with Gasteiger partial charge in [0, 0.05) is 18.5 Å². The van der Waals surface area contributed by atoms with E-state index < -0.39 is 9.84 Å². The van der Waals surface area contributed by atoms with Gasteiger partial charge in [0.1, 0.15) is 5.65 Å². The molecule has 1 aromatic carbocycles. The van der Waals surface area contributed by atoms with Gasteiger partial charge in [-0.3, -0.25) is 9.20 Å². The molecule has 3 heterocycles. The molecule has 0 saturated heterocycles. The molecule has 126 valence electrons. The predicted octanol–water partition coefficient (Wildman–Crippen LogP) is 1.50. The van der Waals surface area contributed by atoms with Crippen LogP contribution in [0.25, 0.3) is 16.7 Å². The number of rotatable bonds is 3. The Bertz CT molecular complexity index is 1270. The zero-order valence-electron chi connectivity index (χ0n) is 13.3. The molecule has 0 fully saturated rings. The van der Waals surface area contributed by atoms with Crippen molar-refractivity contribution in [1.29, 1.82) is 0 Å². The first-order valence-corrected chi connectivity index (χ1v) is 9.45. The van der Waals surface area contributed by atoms with E-state index in [-0.39, 0.29) is 17.3 Å². The predicted molar refractivity (Wildman–Crippen MR) is 93.4 cm³/mol. The SMILES string of the molecule is CS(=O)(=O)c1nc2ccccc2n1Cc1cc(=O)n2ccccc2n1. The van der Waals surface area contributed by atoms with Gasteiger partial charge in [0.2, 0.25) is 15.0 Å². The molecule has 0 aliphatic carbocycles. The van der Waals surface area contributed by atoms with Gasteiger partial charge in [0.25, 0.3) is 5.56 Å². The minimum atomic E-state index is -3.53. The smallest absolute Gasteiger partial charge is 0.258 e. The van der Waals surface area contributed by atoms with Crippen LogP contribution in [0, 0.1) is 0 Å². The van der Waals surface area contributed by atoms with Crippen molar-refractivity contribution in [3.05, 3.63) is 70.8 Å². The molecule has 25 heavy (non-hydrogen) atoms. The van der Waals surface area contributed by atoms with Crippen LogP contribution in [0.1, 0.15) is 5.69 Å². The van der Waals surface area contributed by atoms with Crippen LogP contribution in [0.3, 0.4) is 0 Å². The van der Waals surface area contributed by atoms with Crippen molar-refractivity contribution in [3.63, 3.8) is 0 Å². The molecular weight excluding hydrogens is 340 g/mol. The highest BCUT2D eigenvalue weighted by atomic mass is 32.2. The summed E-state index contributed by atoms with van der Waals surface area (Å²) in [5, 5.41) is -0.0382. The Labute approximate surface area is 143 Å². The Balaban J connectivity index is 1.93. The van der Waals surface area contributed by atoms with Gasteiger partial charge in [-0.25, -0.2) is 18.4 Å². The van der Waals surface area contributed by atoms with Crippen molar-refractivity contribution in [2.24, 2.45) is 0 Å². The maximum Gasteiger partial charge on any atom is 0.258 e. The van der Waals surface area contributed by atoms with Crippen LogP contribution in [0.15, 0.2) is 64.7 Å². The van der Waals surface area contributed by atoms with E-state index in [1.54, 1.807) is 47.2 Å². The summed E-state index contributed by atoms with van der Waals surface area (Å²) < 4.78 is 27.3. The van der Waals surface area contributed by atoms with Gasteiger partial charge < -0.3 is 4.57 Å². The van der Waals surface area contributed by atoms with E-state index >= 15 is 0 Å². The van der Waals surface area contributed by atoms with E-state index in [0.717, 1.165) is 6.26 Å². The average Bonchev–Trinajstić information content (AvgIpc) is 2.94. The van der Waals surface area contributed by atoms with Crippen molar-refractivity contribution >= 4 is 26.5 Å². The summed E-state index contributed by atoms with van der Waals surface area (Å²) in [6.07, 6.45) is 2.76. The van der Waals surface area contributed by atoms with Gasteiger partial charge in [0.15, 0.2) is 0 Å². The molecule has 0 N–H and O–H groups in total. The maximum absolute atomic E-state index is 12.3. The zero-order chi connectivity index (χ0) is 17.6. The van der Waals surface area contributed by atoms with E-state index in [9.17, 15) is 13.2 Å². The van der Waals surface area contributed by atoms with Crippen LogP contribution in [0.2, 0.25) is 0 Å². The molecule has 4 aromatic rings. The molecule has 0 saturated carbocycles. The molecule has 0 spiro atoms. The minimum Gasteiger partial charge on any atom is -0.309 e. The third-order valence-corrected chi connectivity index (χ3v) is 4.87. The second kappa shape index (κ2) is 5.52. The maximum atomic E-state index is 12.3. The molecule has 0 amide bonds. The van der Waals surface area contributed by atoms with E-state index in [1.165, 1.54) is 10.5 Å². The standard InChI is InChI=1S/C17H14N4O3S/c1-25(23,24)17-19-13-6-2-3-7-14(13)21(17)11-12-10-16(22)20-9-5-4-8-15(20)18-12/h2-10H,11H2,1H3. The summed E-state index contributed by atoms with van der Waals surface area (Å²) >= 11 is 0. The summed E-state index contributed by atoms with van der Waals surface area (Å²) in [6, 6.07) is 13.8. The summed E-state index contributed by atoms with van der Waals surface area (Å²) in [5.74, 6) is 0. The Hall–Kier alpha value is -3.00. The van der Waals surface area contributed by atoms with E-state index in [2.05, 4.69) is 9.97 Å². The van der Waals surface area contributed by atoms with Crippen LogP contribution in [0.5, 0.6) is 0 Å². The molecule has 0 aliphatic heterocycles. The number of aromatic nitrogens is 4. The highest BCUT2D eigenvalue weighted by molar-refractivity contribution is 7.90. The number of hydrogen-bond acceptors (Lipinski definition) is 5. The molecule has 0 radical (unpaired) electrons. The van der Waals surface area contributed by atoms with Crippen LogP contribution in [0.4, 0.5) is 0 Å². The Morgan fingerprint density at radius 1 is 1.04 bits per heavy atom. The monoisotopic (exact) mass is 354 g/mol. The lowest BCUT2D eigenvalue weighted by Crippen LogP contribution is -2.17. The molecule has 0 aliphatic rings. The van der Waals surface area contributed by atoms with E-state index in [4.69, 9.17) is 0 Å². The van der Waals surface area contributed by atoms with Crippen molar-refractivity contribution < 1.29 is 8.42 Å². The highest BCUT2D eigenvalue weighted by Gasteiger charge is 2.20. The van der Waals surface area contributed by atoms with Gasteiger partial charge in [-0.1, -0.05) is 18.2 Å². The fourth-order valence-electron chi connectivity index (χ4n) is 2.84. The quantitative estimate of drug-likeness (QED) is 0.556. The summed E-state index contributed by atoms with van der Waals surface area (Å²) in [5.41, 5.74) is 2.03. The Kier molecular flexibility index (Phi) is 3.43. The second-order valence-electron chi connectivity index (χ2n) is 5.76. The van der Waals surface area contributed by atoms with E-state index in [1.807, 2.05) is 6.07 Å². The number of fused-ring (bicyclic) bond motifs is 2. The molecule has 0 bridgehead atoms. The Morgan fingerprint density at radius 3 is 2.60 bits per heavy atom. The van der Waals surface area contributed by atoms with Crippen LogP contribution >= 0.6 is 0 Å². The first-order valence-electron chi connectivity index (χ1n) is 7.56. The molecule has 4 rings (SSSR count). The molecule has 0 unspecified atom stereocenters. The lowest BCUT2D eigenvalue weighted by atomic mass is 10.3. The topological polar surface area (TPSA) is 86.3 Å². The van der Waals surface area contributed by atoms with Gasteiger partial charge in [-0.15, -0.1) is 0 Å². The second-order valence-corrected chi connectivity index (χ2v) is 7.67. The number of sulfone groups is 1. The Morgan fingerprint density at radius 2 is 1.80 bits per heavy atom. The van der Waals surface area contributed by atoms with Crippen molar-refractivity contribution in [2.75, 3.05) is 6.26 Å². The van der Waals surface area contributed by atoms with Gasteiger partial charge in [-0.2, -0.15) is 0 Å². The van der Waals surface area contributed by atoms with Gasteiger partial charge in [0.05, 0.1) is 23.3 Å². The average molecular weight is 354 g/mol. The summed E-state index contributed by atoms with van der Waals surface area (Å²) in [7, 11) is -3.53.